The zero-order chi connectivity index (χ0) is 35.3. The Morgan fingerprint density at radius 2 is 1.59 bits per heavy atom. The SMILES string of the molecule is COc1cc2c(cc1OCCCCCCSC(=S)N1CCN(CCCN3C(=O)c4cccc5cccc(c45)C3=O)CC1)N=C[C@@H]1CCCN1C2=O. The van der Waals surface area contributed by atoms with Crippen LogP contribution in [0.5, 0.6) is 11.5 Å². The summed E-state index contributed by atoms with van der Waals surface area (Å²) in [6, 6.07) is 15.0. The molecule has 0 saturated carbocycles. The van der Waals surface area contributed by atoms with E-state index in [1.807, 2.05) is 53.6 Å². The van der Waals surface area contributed by atoms with Crippen LogP contribution in [0, 0.1) is 0 Å². The van der Waals surface area contributed by atoms with Gasteiger partial charge in [-0.15, -0.1) is 0 Å². The minimum Gasteiger partial charge on any atom is -0.493 e. The Kier molecular flexibility index (Phi) is 11.2. The van der Waals surface area contributed by atoms with E-state index in [-0.39, 0.29) is 23.8 Å². The van der Waals surface area contributed by atoms with Crippen LogP contribution < -0.4 is 9.47 Å². The van der Waals surface area contributed by atoms with Gasteiger partial charge in [0.25, 0.3) is 17.7 Å². The molecule has 3 aromatic rings. The number of carbonyl (C=O) groups excluding carboxylic acids is 3. The number of thioether (sulfide) groups is 1. The highest BCUT2D eigenvalue weighted by atomic mass is 32.2. The Morgan fingerprint density at radius 3 is 2.33 bits per heavy atom. The highest BCUT2D eigenvalue weighted by Crippen LogP contribution is 2.38. The number of ether oxygens (including phenoxy) is 2. The van der Waals surface area contributed by atoms with E-state index in [9.17, 15) is 14.4 Å². The van der Waals surface area contributed by atoms with Gasteiger partial charge in [0.1, 0.15) is 4.32 Å². The van der Waals surface area contributed by atoms with Crippen LogP contribution in [-0.2, 0) is 0 Å². The summed E-state index contributed by atoms with van der Waals surface area (Å²) >= 11 is 7.54. The van der Waals surface area contributed by atoms with Gasteiger partial charge in [-0.3, -0.25) is 29.2 Å². The highest BCUT2D eigenvalue weighted by molar-refractivity contribution is 8.22. The number of rotatable bonds is 13. The van der Waals surface area contributed by atoms with E-state index in [1.165, 1.54) is 4.90 Å². The van der Waals surface area contributed by atoms with Crippen LogP contribution in [0.3, 0.4) is 0 Å². The van der Waals surface area contributed by atoms with Crippen molar-refractivity contribution in [1.82, 2.24) is 19.6 Å². The molecule has 0 unspecified atom stereocenters. The summed E-state index contributed by atoms with van der Waals surface area (Å²) in [6.45, 7) is 6.22. The molecule has 2 fully saturated rings. The molecule has 3 amide bonds. The van der Waals surface area contributed by atoms with Gasteiger partial charge >= 0.3 is 0 Å². The molecule has 7 rings (SSSR count). The zero-order valence-electron chi connectivity index (χ0n) is 29.2. The molecular weight excluding hydrogens is 683 g/mol. The second kappa shape index (κ2) is 16.1. The maximum absolute atomic E-state index is 13.2. The second-order valence-corrected chi connectivity index (χ2v) is 15.3. The van der Waals surface area contributed by atoms with Crippen LogP contribution >= 0.6 is 24.0 Å². The first-order valence-corrected chi connectivity index (χ1v) is 19.5. The summed E-state index contributed by atoms with van der Waals surface area (Å²) < 4.78 is 12.6. The van der Waals surface area contributed by atoms with E-state index in [0.29, 0.717) is 47.0 Å². The summed E-state index contributed by atoms with van der Waals surface area (Å²) in [4.78, 5) is 52.1. The molecule has 2 saturated heterocycles. The average Bonchev–Trinajstić information content (AvgIpc) is 3.59. The van der Waals surface area contributed by atoms with Crippen LogP contribution in [0.4, 0.5) is 5.69 Å². The quantitative estimate of drug-likeness (QED) is 0.112. The molecule has 10 nitrogen and oxygen atoms in total. The van der Waals surface area contributed by atoms with Gasteiger partial charge in [-0.2, -0.15) is 0 Å². The number of benzene rings is 3. The number of hydrogen-bond acceptors (Lipinski definition) is 9. The zero-order valence-corrected chi connectivity index (χ0v) is 30.8. The first-order valence-electron chi connectivity index (χ1n) is 18.1. The number of thiocarbonyl (C=S) groups is 1. The number of fused-ring (bicyclic) bond motifs is 2. The van der Waals surface area contributed by atoms with Crippen molar-refractivity contribution >= 4 is 68.7 Å². The smallest absolute Gasteiger partial charge is 0.261 e. The Morgan fingerprint density at radius 1 is 0.843 bits per heavy atom. The third kappa shape index (κ3) is 7.64. The fourth-order valence-electron chi connectivity index (χ4n) is 7.50. The normalized spacial score (nSPS) is 18.6. The van der Waals surface area contributed by atoms with Gasteiger partial charge in [0.2, 0.25) is 0 Å². The molecule has 3 aromatic carbocycles. The molecule has 4 aliphatic rings. The van der Waals surface area contributed by atoms with E-state index in [0.717, 1.165) is 105 Å². The van der Waals surface area contributed by atoms with Crippen molar-refractivity contribution in [2.24, 2.45) is 4.99 Å². The summed E-state index contributed by atoms with van der Waals surface area (Å²) in [5, 5.41) is 1.70. The number of methoxy groups -OCH3 is 1. The number of nitrogens with zero attached hydrogens (tertiary/aromatic N) is 5. The molecule has 12 heteroatoms. The van der Waals surface area contributed by atoms with Gasteiger partial charge in [0, 0.05) is 73.8 Å². The lowest BCUT2D eigenvalue weighted by atomic mass is 9.94. The lowest BCUT2D eigenvalue weighted by molar-refractivity contribution is 0.0600. The lowest BCUT2D eigenvalue weighted by Gasteiger charge is -2.36. The van der Waals surface area contributed by atoms with E-state index < -0.39 is 0 Å². The molecular formula is C39H45N5O5S2. The predicted molar refractivity (Wildman–Crippen MR) is 206 cm³/mol. The number of amides is 3. The largest absolute Gasteiger partial charge is 0.493 e. The van der Waals surface area contributed by atoms with E-state index in [1.54, 1.807) is 24.9 Å². The Labute approximate surface area is 309 Å². The maximum atomic E-state index is 13.2. The topological polar surface area (TPSA) is 95.0 Å². The number of unbranched alkanes of at least 4 members (excludes halogenated alkanes) is 3. The fourth-order valence-corrected chi connectivity index (χ4v) is 8.82. The van der Waals surface area contributed by atoms with E-state index in [4.69, 9.17) is 21.7 Å². The minimum absolute atomic E-state index is 0.0122. The van der Waals surface area contributed by atoms with Gasteiger partial charge in [0.15, 0.2) is 11.5 Å². The van der Waals surface area contributed by atoms with Gasteiger partial charge in [0.05, 0.1) is 31.0 Å². The minimum atomic E-state index is -0.193. The molecule has 51 heavy (non-hydrogen) atoms. The van der Waals surface area contributed by atoms with Crippen molar-refractivity contribution in [3.63, 3.8) is 0 Å². The number of hydrogen-bond donors (Lipinski definition) is 0. The molecule has 0 aliphatic carbocycles. The number of piperazine rings is 1. The standard InChI is InChI=1S/C39H45N5O5S2/c1-48-33-24-31-32(40-26-28-12-8-16-43(28)38(31)47)25-34(33)49-22-4-2-3-5-23-51-39(50)42-20-18-41(19-21-42)15-9-17-44-36(45)29-13-6-10-27-11-7-14-30(35(27)29)37(44)46/h6-7,10-11,13-14,24-26,28H,2-5,8-9,12,15-23H2,1H3/t28-/m0/s1. The summed E-state index contributed by atoms with van der Waals surface area (Å²) in [6.07, 6.45) is 8.78. The van der Waals surface area contributed by atoms with Crippen molar-refractivity contribution in [2.75, 3.05) is 65.3 Å². The summed E-state index contributed by atoms with van der Waals surface area (Å²) in [5.41, 5.74) is 2.45. The van der Waals surface area contributed by atoms with Gasteiger partial charge in [-0.05, 0) is 62.2 Å². The van der Waals surface area contributed by atoms with Crippen molar-refractivity contribution < 1.29 is 23.9 Å². The van der Waals surface area contributed by atoms with Crippen LogP contribution in [0.15, 0.2) is 53.5 Å². The molecule has 0 radical (unpaired) electrons. The molecule has 4 aliphatic heterocycles. The molecule has 268 valence electrons. The molecule has 4 heterocycles. The molecule has 0 bridgehead atoms. The summed E-state index contributed by atoms with van der Waals surface area (Å²) in [5.74, 6) is 1.81. The van der Waals surface area contributed by atoms with Crippen molar-refractivity contribution in [3.05, 3.63) is 65.2 Å². The Balaban J connectivity index is 0.765. The average molecular weight is 728 g/mol. The second-order valence-electron chi connectivity index (χ2n) is 13.5. The van der Waals surface area contributed by atoms with Crippen LogP contribution in [0.1, 0.15) is 76.0 Å². The van der Waals surface area contributed by atoms with Crippen molar-refractivity contribution in [2.45, 2.75) is 51.0 Å². The van der Waals surface area contributed by atoms with Crippen LogP contribution in [0.2, 0.25) is 0 Å². The van der Waals surface area contributed by atoms with Crippen LogP contribution in [0.25, 0.3) is 10.8 Å². The monoisotopic (exact) mass is 727 g/mol. The maximum Gasteiger partial charge on any atom is 0.261 e. The van der Waals surface area contributed by atoms with Gasteiger partial charge in [-0.1, -0.05) is 61.1 Å². The molecule has 0 spiro atoms. The Bertz CT molecular complexity index is 1790. The fraction of sp³-hybridized carbons (Fsp3) is 0.462. The third-order valence-corrected chi connectivity index (χ3v) is 11.9. The molecule has 0 aromatic heterocycles. The van der Waals surface area contributed by atoms with Gasteiger partial charge < -0.3 is 19.3 Å². The first kappa shape index (κ1) is 35.4. The van der Waals surface area contributed by atoms with Crippen molar-refractivity contribution in [1.29, 1.82) is 0 Å². The van der Waals surface area contributed by atoms with E-state index >= 15 is 0 Å². The highest BCUT2D eigenvalue weighted by Gasteiger charge is 2.34. The van der Waals surface area contributed by atoms with Crippen LogP contribution in [-0.4, -0.2) is 119 Å². The Hall–Kier alpha value is -4.00. The lowest BCUT2D eigenvalue weighted by Crippen LogP contribution is -2.48. The number of aliphatic imine (C=N–C) groups is 1. The predicted octanol–water partition coefficient (Wildman–Crippen LogP) is 6.43. The molecule has 1 atom stereocenters. The van der Waals surface area contributed by atoms with E-state index in [2.05, 4.69) is 14.8 Å². The molecule has 0 N–H and O–H groups in total. The number of carbonyl (C=O) groups is 3. The summed E-state index contributed by atoms with van der Waals surface area (Å²) in [7, 11) is 1.60. The van der Waals surface area contributed by atoms with Crippen molar-refractivity contribution in [3.8, 4) is 11.5 Å². The number of imide groups is 1. The third-order valence-electron chi connectivity index (χ3n) is 10.3. The van der Waals surface area contributed by atoms with Gasteiger partial charge in [-0.25, -0.2) is 0 Å². The first-order chi connectivity index (χ1) is 24.9.